The summed E-state index contributed by atoms with van der Waals surface area (Å²) >= 11 is 0. The van der Waals surface area contributed by atoms with Crippen molar-refractivity contribution in [2.45, 2.75) is 141 Å². The number of nitrogen functional groups attached to an aromatic ring is 1. The molecule has 0 aliphatic carbocycles. The summed E-state index contributed by atoms with van der Waals surface area (Å²) in [5, 5.41) is 20.1. The third kappa shape index (κ3) is 17.1. The summed E-state index contributed by atoms with van der Waals surface area (Å²) in [4.78, 5) is 14.6. The van der Waals surface area contributed by atoms with E-state index in [1.807, 2.05) is 12.1 Å². The number of unbranched alkanes of at least 4 members (excludes halogenated alkanes) is 15. The van der Waals surface area contributed by atoms with Gasteiger partial charge in [-0.25, -0.2) is 14.8 Å². The first-order valence-corrected chi connectivity index (χ1v) is 20.7. The van der Waals surface area contributed by atoms with E-state index in [1.165, 1.54) is 96.2 Å². The second-order valence-corrected chi connectivity index (χ2v) is 14.6. The van der Waals surface area contributed by atoms with Crippen LogP contribution in [0.1, 0.15) is 140 Å². The van der Waals surface area contributed by atoms with Crippen LogP contribution in [0.5, 0.6) is 5.75 Å². The molecule has 0 amide bonds. The number of hydrogen-bond donors (Lipinski definition) is 2. The minimum atomic E-state index is -2.16. The molecule has 1 aromatic carbocycles. The van der Waals surface area contributed by atoms with Gasteiger partial charge in [0.2, 0.25) is 0 Å². The summed E-state index contributed by atoms with van der Waals surface area (Å²) in [5.74, 6) is 0.968. The van der Waals surface area contributed by atoms with Crippen LogP contribution in [0.4, 0.5) is 5.82 Å². The average molecular weight is 753 g/mol. The third-order valence-corrected chi connectivity index (χ3v) is 10.1. The lowest BCUT2D eigenvalue weighted by atomic mass is 10.0. The lowest BCUT2D eigenvalue weighted by molar-refractivity contribution is 0.00198. The van der Waals surface area contributed by atoms with E-state index in [0.717, 1.165) is 36.9 Å². The van der Waals surface area contributed by atoms with Crippen molar-refractivity contribution in [1.82, 2.24) is 14.6 Å². The summed E-state index contributed by atoms with van der Waals surface area (Å²) in [7, 11) is -2.16. The molecule has 1 fully saturated rings. The summed E-state index contributed by atoms with van der Waals surface area (Å²) in [6.45, 7) is 6.98. The van der Waals surface area contributed by atoms with E-state index >= 15 is 0 Å². The van der Waals surface area contributed by atoms with Crippen molar-refractivity contribution >= 4 is 19.9 Å². The van der Waals surface area contributed by atoms with Gasteiger partial charge >= 0.3 is 8.60 Å². The molecule has 2 aromatic heterocycles. The highest BCUT2D eigenvalue weighted by Gasteiger charge is 2.30. The van der Waals surface area contributed by atoms with Crippen molar-refractivity contribution < 1.29 is 28.2 Å². The fourth-order valence-corrected chi connectivity index (χ4v) is 7.17. The van der Waals surface area contributed by atoms with E-state index in [2.05, 4.69) is 29.6 Å². The van der Waals surface area contributed by atoms with Crippen LogP contribution in [-0.4, -0.2) is 58.1 Å². The topological polar surface area (TPSA) is 170 Å². The van der Waals surface area contributed by atoms with Crippen LogP contribution in [0.25, 0.3) is 5.52 Å². The number of aromatic nitrogens is 3. The van der Waals surface area contributed by atoms with Gasteiger partial charge in [0.1, 0.15) is 29.8 Å². The minimum Gasteiger partial charge on any atom is -0.486 e. The van der Waals surface area contributed by atoms with Gasteiger partial charge in [-0.15, -0.1) is 0 Å². The standard InChI is InChI=1S/C39H60N5O6P.CHN/c1-2-3-4-5-6-7-8-9-10-11-12-13-14-15-16-17-25-46-28-35(49-33-20-18-19-32(26-33)27-40)30-48-51(45)47-29-34-21-24-38(50-34)36-22-23-37-39(41)42-31-43-44(36)37;1-2/h18-20,22-23,26,31,34-35,38,45H,2-17,21,24-25,28-30H2,1H3,(H2,41,42,43);1H. The lowest BCUT2D eigenvalue weighted by Gasteiger charge is -2.21. The Labute approximate surface area is 317 Å². The maximum atomic E-state index is 10.5. The fourth-order valence-electron chi connectivity index (χ4n) is 6.51. The van der Waals surface area contributed by atoms with Crippen molar-refractivity contribution in [2.75, 3.05) is 32.2 Å². The Morgan fingerprint density at radius 1 is 0.925 bits per heavy atom. The molecule has 4 atom stereocenters. The largest absolute Gasteiger partial charge is 0.486 e. The van der Waals surface area contributed by atoms with Crippen molar-refractivity contribution in [3.05, 3.63) is 54.0 Å². The highest BCUT2D eigenvalue weighted by Crippen LogP contribution is 2.38. The first kappa shape index (κ1) is 44.0. The van der Waals surface area contributed by atoms with Gasteiger partial charge in [-0.05, 0) is 49.6 Å². The molecule has 1 aliphatic rings. The Kier molecular flexibility index (Phi) is 22.7. The number of hydrogen-bond acceptors (Lipinski definition) is 11. The monoisotopic (exact) mass is 752 g/mol. The molecule has 0 saturated carbocycles. The molecule has 13 heteroatoms. The SMILES string of the molecule is C#N.CCCCCCCCCCCCCCCCCCOCC(COP(O)OCC1CCC(c2ccc3c(N)ncnn23)O1)Oc1cccc(C#N)c1. The molecule has 292 valence electrons. The Hall–Kier alpha value is -3.35. The summed E-state index contributed by atoms with van der Waals surface area (Å²) in [6.07, 6.45) is 23.4. The molecule has 4 rings (SSSR count). The van der Waals surface area contributed by atoms with Crippen LogP contribution >= 0.6 is 8.60 Å². The van der Waals surface area contributed by atoms with Gasteiger partial charge in [-0.1, -0.05) is 109 Å². The maximum Gasteiger partial charge on any atom is 0.330 e. The van der Waals surface area contributed by atoms with Gasteiger partial charge < -0.3 is 33.9 Å². The van der Waals surface area contributed by atoms with Crippen molar-refractivity contribution in [2.24, 2.45) is 0 Å². The predicted molar refractivity (Wildman–Crippen MR) is 208 cm³/mol. The van der Waals surface area contributed by atoms with E-state index in [0.29, 0.717) is 30.3 Å². The van der Waals surface area contributed by atoms with Crippen molar-refractivity contribution in [1.29, 1.82) is 10.5 Å². The molecule has 3 aromatic rings. The fraction of sp³-hybridized carbons (Fsp3) is 0.650. The molecule has 0 radical (unpaired) electrons. The minimum absolute atomic E-state index is 0.0728. The molecular formula is C40H61N6O6P. The normalized spacial score (nSPS) is 16.5. The number of anilines is 1. The van der Waals surface area contributed by atoms with Gasteiger partial charge in [0, 0.05) is 13.2 Å². The van der Waals surface area contributed by atoms with E-state index in [4.69, 9.17) is 34.3 Å². The number of benzene rings is 1. The Balaban J connectivity index is 0.00000372. The van der Waals surface area contributed by atoms with Crippen molar-refractivity contribution in [3.8, 4) is 18.4 Å². The molecule has 0 bridgehead atoms. The molecule has 3 N–H and O–H groups in total. The molecule has 1 saturated heterocycles. The predicted octanol–water partition coefficient (Wildman–Crippen LogP) is 9.52. The summed E-state index contributed by atoms with van der Waals surface area (Å²) in [6, 6.07) is 13.0. The molecule has 4 unspecified atom stereocenters. The second kappa shape index (κ2) is 27.3. The highest BCUT2D eigenvalue weighted by atomic mass is 31.2. The Morgan fingerprint density at radius 2 is 1.58 bits per heavy atom. The van der Waals surface area contributed by atoms with E-state index in [9.17, 15) is 10.2 Å². The number of fused-ring (bicyclic) bond motifs is 1. The highest BCUT2D eigenvalue weighted by molar-refractivity contribution is 7.40. The lowest BCUT2D eigenvalue weighted by Crippen LogP contribution is -2.28. The number of ether oxygens (including phenoxy) is 3. The number of nitriles is 2. The Morgan fingerprint density at radius 3 is 2.25 bits per heavy atom. The smallest absolute Gasteiger partial charge is 0.330 e. The molecular weight excluding hydrogens is 691 g/mol. The van der Waals surface area contributed by atoms with Crippen LogP contribution in [0.15, 0.2) is 42.7 Å². The van der Waals surface area contributed by atoms with Crippen LogP contribution in [-0.2, 0) is 18.5 Å². The zero-order chi connectivity index (χ0) is 37.9. The number of nitrogens with zero attached hydrogens (tertiary/aromatic N) is 5. The van der Waals surface area contributed by atoms with E-state index < -0.39 is 14.7 Å². The molecule has 3 heterocycles. The van der Waals surface area contributed by atoms with Crippen LogP contribution in [0.3, 0.4) is 0 Å². The van der Waals surface area contributed by atoms with Gasteiger partial charge in [0.25, 0.3) is 0 Å². The Bertz CT molecular complexity index is 1470. The van der Waals surface area contributed by atoms with Crippen LogP contribution in [0.2, 0.25) is 0 Å². The van der Waals surface area contributed by atoms with Gasteiger partial charge in [-0.3, -0.25) is 0 Å². The zero-order valence-corrected chi connectivity index (χ0v) is 32.6. The van der Waals surface area contributed by atoms with Gasteiger partial charge in [-0.2, -0.15) is 10.4 Å². The maximum absolute atomic E-state index is 10.5. The molecule has 53 heavy (non-hydrogen) atoms. The van der Waals surface area contributed by atoms with E-state index in [1.54, 1.807) is 28.8 Å². The molecule has 1 aliphatic heterocycles. The number of rotatable bonds is 28. The third-order valence-electron chi connectivity index (χ3n) is 9.40. The zero-order valence-electron chi connectivity index (χ0n) is 31.7. The summed E-state index contributed by atoms with van der Waals surface area (Å²) < 4.78 is 31.4. The summed E-state index contributed by atoms with van der Waals surface area (Å²) in [5.41, 5.74) is 8.13. The van der Waals surface area contributed by atoms with Gasteiger partial charge in [0.15, 0.2) is 5.82 Å². The van der Waals surface area contributed by atoms with Gasteiger partial charge in [0.05, 0.1) is 43.3 Å². The van der Waals surface area contributed by atoms with E-state index in [-0.39, 0.29) is 25.4 Å². The van der Waals surface area contributed by atoms with Crippen LogP contribution in [0, 0.1) is 23.2 Å². The quantitative estimate of drug-likeness (QED) is 0.0535. The number of nitrogens with two attached hydrogens (primary N) is 1. The second-order valence-electron chi connectivity index (χ2n) is 13.6. The first-order valence-electron chi connectivity index (χ1n) is 19.6. The van der Waals surface area contributed by atoms with Crippen LogP contribution < -0.4 is 10.5 Å². The molecule has 0 spiro atoms. The molecule has 12 nitrogen and oxygen atoms in total. The average Bonchev–Trinajstić information content (AvgIpc) is 3.84. The first-order chi connectivity index (χ1) is 26.1. The van der Waals surface area contributed by atoms with Crippen molar-refractivity contribution in [3.63, 3.8) is 0 Å².